The molecule has 4 heteroatoms. The van der Waals surface area contributed by atoms with E-state index in [1.54, 1.807) is 14.2 Å². The summed E-state index contributed by atoms with van der Waals surface area (Å²) in [7, 11) is 3.16. The Hall–Kier alpha value is -0.930. The highest BCUT2D eigenvalue weighted by atomic mass is 35.5. The summed E-state index contributed by atoms with van der Waals surface area (Å²) in [4.78, 5) is 0. The lowest BCUT2D eigenvalue weighted by Crippen LogP contribution is -2.02. The van der Waals surface area contributed by atoms with Crippen LogP contribution in [0.25, 0.3) is 0 Å². The second-order valence-electron chi connectivity index (χ2n) is 3.39. The van der Waals surface area contributed by atoms with Crippen molar-refractivity contribution >= 4 is 11.6 Å². The molecule has 3 nitrogen and oxygen atoms in total. The lowest BCUT2D eigenvalue weighted by molar-refractivity contribution is 0.294. The van der Waals surface area contributed by atoms with E-state index in [1.165, 1.54) is 0 Å². The summed E-state index contributed by atoms with van der Waals surface area (Å²) in [6.07, 6.45) is 1.28. The number of benzene rings is 1. The van der Waals surface area contributed by atoms with Crippen LogP contribution in [0.15, 0.2) is 6.07 Å². The first kappa shape index (κ1) is 13.1. The monoisotopic (exact) mass is 244 g/mol. The number of aliphatic hydroxyl groups excluding tert-OH is 1. The fraction of sp³-hybridized carbons (Fsp3) is 0.500. The molecule has 0 aliphatic rings. The third-order valence-electron chi connectivity index (χ3n) is 2.52. The van der Waals surface area contributed by atoms with Crippen molar-refractivity contribution in [3.63, 3.8) is 0 Å². The minimum Gasteiger partial charge on any atom is -0.493 e. The van der Waals surface area contributed by atoms with Crippen LogP contribution in [0.3, 0.4) is 0 Å². The molecule has 1 N–H and O–H groups in total. The van der Waals surface area contributed by atoms with Gasteiger partial charge in [-0.3, -0.25) is 0 Å². The molecule has 0 bridgehead atoms. The Morgan fingerprint density at radius 3 is 2.44 bits per heavy atom. The molecule has 16 heavy (non-hydrogen) atoms. The van der Waals surface area contributed by atoms with Crippen LogP contribution in [0.5, 0.6) is 11.5 Å². The average molecular weight is 245 g/mol. The van der Waals surface area contributed by atoms with Crippen LogP contribution in [0.2, 0.25) is 5.02 Å². The topological polar surface area (TPSA) is 38.7 Å². The van der Waals surface area contributed by atoms with Gasteiger partial charge < -0.3 is 14.6 Å². The minimum atomic E-state index is 0.0341. The molecule has 0 aliphatic carbocycles. The van der Waals surface area contributed by atoms with Crippen molar-refractivity contribution in [3.05, 3.63) is 22.2 Å². The molecule has 0 heterocycles. The fourth-order valence-electron chi connectivity index (χ4n) is 1.70. The normalized spacial score (nSPS) is 10.3. The highest BCUT2D eigenvalue weighted by molar-refractivity contribution is 6.32. The fourth-order valence-corrected chi connectivity index (χ4v) is 2.07. The van der Waals surface area contributed by atoms with Crippen LogP contribution < -0.4 is 9.47 Å². The maximum atomic E-state index is 9.04. The quantitative estimate of drug-likeness (QED) is 0.865. The van der Waals surface area contributed by atoms with Crippen LogP contribution in [0.1, 0.15) is 18.1 Å². The largest absolute Gasteiger partial charge is 0.493 e. The van der Waals surface area contributed by atoms with Crippen molar-refractivity contribution in [2.75, 3.05) is 20.8 Å². The summed E-state index contributed by atoms with van der Waals surface area (Å²) >= 11 is 6.25. The summed E-state index contributed by atoms with van der Waals surface area (Å²) in [5.41, 5.74) is 1.81. The van der Waals surface area contributed by atoms with Crippen molar-refractivity contribution in [1.29, 1.82) is 0 Å². The third kappa shape index (κ3) is 2.42. The van der Waals surface area contributed by atoms with Gasteiger partial charge in [0.05, 0.1) is 19.2 Å². The molecule has 0 fully saturated rings. The first-order valence-corrected chi connectivity index (χ1v) is 5.60. The zero-order chi connectivity index (χ0) is 12.1. The lowest BCUT2D eigenvalue weighted by atomic mass is 10.0. The number of aliphatic hydroxyl groups is 1. The van der Waals surface area contributed by atoms with Gasteiger partial charge in [0.2, 0.25) is 0 Å². The van der Waals surface area contributed by atoms with Gasteiger partial charge in [-0.1, -0.05) is 18.5 Å². The van der Waals surface area contributed by atoms with Gasteiger partial charge in [-0.05, 0) is 18.1 Å². The Morgan fingerprint density at radius 2 is 2.00 bits per heavy atom. The second kappa shape index (κ2) is 5.97. The molecular weight excluding hydrogens is 228 g/mol. The third-order valence-corrected chi connectivity index (χ3v) is 2.99. The maximum Gasteiger partial charge on any atom is 0.165 e. The molecule has 0 saturated heterocycles. The van der Waals surface area contributed by atoms with E-state index in [0.717, 1.165) is 17.5 Å². The molecule has 0 atom stereocenters. The molecule has 0 aromatic heterocycles. The molecule has 0 radical (unpaired) electrons. The van der Waals surface area contributed by atoms with E-state index in [2.05, 4.69) is 0 Å². The molecule has 0 spiro atoms. The van der Waals surface area contributed by atoms with Crippen molar-refractivity contribution in [2.24, 2.45) is 0 Å². The lowest BCUT2D eigenvalue weighted by Gasteiger charge is -2.16. The van der Waals surface area contributed by atoms with Crippen molar-refractivity contribution in [3.8, 4) is 11.5 Å². The van der Waals surface area contributed by atoms with Gasteiger partial charge in [-0.25, -0.2) is 0 Å². The zero-order valence-corrected chi connectivity index (χ0v) is 10.6. The van der Waals surface area contributed by atoms with Gasteiger partial charge in [0.25, 0.3) is 0 Å². The van der Waals surface area contributed by atoms with Crippen molar-refractivity contribution in [2.45, 2.75) is 19.8 Å². The van der Waals surface area contributed by atoms with E-state index in [-0.39, 0.29) is 6.61 Å². The first-order chi connectivity index (χ1) is 7.69. The van der Waals surface area contributed by atoms with Crippen LogP contribution in [0, 0.1) is 0 Å². The Bertz CT molecular complexity index is 364. The van der Waals surface area contributed by atoms with Gasteiger partial charge in [0.15, 0.2) is 11.5 Å². The van der Waals surface area contributed by atoms with E-state index >= 15 is 0 Å². The van der Waals surface area contributed by atoms with Crippen LogP contribution in [0.4, 0.5) is 0 Å². The highest BCUT2D eigenvalue weighted by Crippen LogP contribution is 2.39. The van der Waals surface area contributed by atoms with E-state index in [0.29, 0.717) is 22.9 Å². The number of halogens is 1. The molecule has 0 saturated carbocycles. The highest BCUT2D eigenvalue weighted by Gasteiger charge is 2.16. The number of hydrogen-bond acceptors (Lipinski definition) is 3. The standard InChI is InChI=1S/C12H17ClO3/c1-4-8-7-10(15-2)12(16-3)9(5-6-14)11(8)13/h7,14H,4-6H2,1-3H3. The molecule has 1 aromatic carbocycles. The molecule has 90 valence electrons. The Balaban J connectivity index is 3.38. The number of ether oxygens (including phenoxy) is 2. The smallest absolute Gasteiger partial charge is 0.165 e. The van der Waals surface area contributed by atoms with Gasteiger partial charge in [-0.2, -0.15) is 0 Å². The number of aryl methyl sites for hydroxylation is 1. The molecular formula is C12H17ClO3. The summed E-state index contributed by atoms with van der Waals surface area (Å²) in [6.45, 7) is 2.06. The van der Waals surface area contributed by atoms with E-state index in [1.807, 2.05) is 13.0 Å². The Labute approximate surface area is 101 Å². The summed E-state index contributed by atoms with van der Waals surface area (Å²) in [6, 6.07) is 1.88. The number of rotatable bonds is 5. The minimum absolute atomic E-state index is 0.0341. The average Bonchev–Trinajstić information content (AvgIpc) is 2.31. The molecule has 1 aromatic rings. The summed E-state index contributed by atoms with van der Waals surface area (Å²) in [5.74, 6) is 1.27. The van der Waals surface area contributed by atoms with Crippen molar-refractivity contribution < 1.29 is 14.6 Å². The van der Waals surface area contributed by atoms with E-state index < -0.39 is 0 Å². The van der Waals surface area contributed by atoms with Crippen LogP contribution >= 0.6 is 11.6 Å². The molecule has 0 unspecified atom stereocenters. The van der Waals surface area contributed by atoms with E-state index in [9.17, 15) is 0 Å². The predicted molar refractivity (Wildman–Crippen MR) is 64.7 cm³/mol. The van der Waals surface area contributed by atoms with Crippen molar-refractivity contribution in [1.82, 2.24) is 0 Å². The van der Waals surface area contributed by atoms with Gasteiger partial charge >= 0.3 is 0 Å². The van der Waals surface area contributed by atoms with Crippen LogP contribution in [-0.4, -0.2) is 25.9 Å². The molecule has 0 aliphatic heterocycles. The van der Waals surface area contributed by atoms with E-state index in [4.69, 9.17) is 26.2 Å². The predicted octanol–water partition coefficient (Wildman–Crippen LogP) is 2.45. The number of methoxy groups -OCH3 is 2. The van der Waals surface area contributed by atoms with Gasteiger partial charge in [0.1, 0.15) is 0 Å². The molecule has 1 rings (SSSR count). The summed E-state index contributed by atoms with van der Waals surface area (Å²) in [5, 5.41) is 9.70. The van der Waals surface area contributed by atoms with Gasteiger partial charge in [0, 0.05) is 18.6 Å². The Morgan fingerprint density at radius 1 is 1.31 bits per heavy atom. The zero-order valence-electron chi connectivity index (χ0n) is 9.84. The second-order valence-corrected chi connectivity index (χ2v) is 3.77. The summed E-state index contributed by atoms with van der Waals surface area (Å²) < 4.78 is 10.5. The SMILES string of the molecule is CCc1cc(OC)c(OC)c(CCO)c1Cl. The molecule has 0 amide bonds. The number of hydrogen-bond donors (Lipinski definition) is 1. The van der Waals surface area contributed by atoms with Gasteiger partial charge in [-0.15, -0.1) is 0 Å². The Kier molecular flexibility index (Phi) is 4.90. The first-order valence-electron chi connectivity index (χ1n) is 5.22. The maximum absolute atomic E-state index is 9.04. The van der Waals surface area contributed by atoms with Crippen LogP contribution in [-0.2, 0) is 12.8 Å².